The Balaban J connectivity index is 1.41. The molecule has 6 aromatic carbocycles. The number of amides is 2. The van der Waals surface area contributed by atoms with Gasteiger partial charge in [-0.1, -0.05) is 182 Å². The van der Waals surface area contributed by atoms with Crippen LogP contribution in [-0.4, -0.2) is 59.3 Å². The molecule has 0 saturated carbocycles. The van der Waals surface area contributed by atoms with E-state index in [2.05, 4.69) is 88.7 Å². The summed E-state index contributed by atoms with van der Waals surface area (Å²) < 4.78 is 10.3. The molecule has 0 saturated heterocycles. The first kappa shape index (κ1) is 49.0. The Bertz CT molecular complexity index is 2280. The number of nitrogens with one attached hydrogen (secondary N) is 3. The molecule has 0 spiro atoms. The minimum absolute atomic E-state index is 0.0569. The van der Waals surface area contributed by atoms with Gasteiger partial charge in [0.05, 0.1) is 22.9 Å². The maximum Gasteiger partial charge on any atom is 0.329 e. The van der Waals surface area contributed by atoms with Gasteiger partial charge in [0.15, 0.2) is 0 Å². The molecule has 0 aromatic heterocycles. The third-order valence-electron chi connectivity index (χ3n) is 10.8. The minimum Gasteiger partial charge on any atom is -0.460 e. The molecule has 9 nitrogen and oxygen atoms in total. The summed E-state index contributed by atoms with van der Waals surface area (Å²) in [7, 11) is 0. The summed E-state index contributed by atoms with van der Waals surface area (Å²) in [6.07, 6.45) is -0.192. The molecular formula is C56H61N3O6S. The van der Waals surface area contributed by atoms with Crippen molar-refractivity contribution >= 4 is 35.5 Å². The highest BCUT2D eigenvalue weighted by atomic mass is 32.2. The van der Waals surface area contributed by atoms with Crippen molar-refractivity contribution in [2.24, 2.45) is 0 Å². The summed E-state index contributed by atoms with van der Waals surface area (Å²) >= 11 is 1.63. The molecule has 0 aliphatic rings. The fraction of sp³-hybridized carbons (Fsp3) is 0.286. The van der Waals surface area contributed by atoms with Gasteiger partial charge in [-0.3, -0.25) is 19.7 Å². The van der Waals surface area contributed by atoms with Crippen LogP contribution < -0.4 is 16.0 Å². The Morgan fingerprint density at radius 3 is 1.23 bits per heavy atom. The number of benzene rings is 6. The minimum atomic E-state index is -1.17. The number of hydrogen-bond donors (Lipinski definition) is 3. The molecule has 10 heteroatoms. The first-order valence-corrected chi connectivity index (χ1v) is 23.4. The molecule has 0 radical (unpaired) electrons. The van der Waals surface area contributed by atoms with Gasteiger partial charge in [-0.05, 0) is 81.3 Å². The lowest BCUT2D eigenvalue weighted by Gasteiger charge is -2.41. The fourth-order valence-electron chi connectivity index (χ4n) is 8.05. The zero-order valence-electron chi connectivity index (χ0n) is 38.7. The van der Waals surface area contributed by atoms with Gasteiger partial charge in [0.2, 0.25) is 11.8 Å². The van der Waals surface area contributed by atoms with Crippen LogP contribution in [0.2, 0.25) is 0 Å². The van der Waals surface area contributed by atoms with Gasteiger partial charge >= 0.3 is 11.9 Å². The van der Waals surface area contributed by atoms with Crippen LogP contribution in [0.5, 0.6) is 0 Å². The normalized spacial score (nSPS) is 12.9. The number of thioether (sulfide) groups is 1. The second-order valence-electron chi connectivity index (χ2n) is 18.1. The molecule has 0 unspecified atom stereocenters. The monoisotopic (exact) mass is 903 g/mol. The standard InChI is InChI=1S/C56H61N3O6S/c1-53(2,3)64-50(61)38-37-47(52(63)65-54(4,5)6)58-49(60)39-57-51(62)48(59-55(41-25-13-7-14-26-41,42-27-15-8-16-28-42)43-29-17-9-18-30-43)40-66-56(44-31-19-10-20-32-44,45-33-21-11-22-34-45)46-35-23-12-24-36-46/h7-36,47-48,59H,37-40H2,1-6H3,(H,57,62)(H,58,60)/t47-,48-/m0/s1. The predicted molar refractivity (Wildman–Crippen MR) is 264 cm³/mol. The highest BCUT2D eigenvalue weighted by Crippen LogP contribution is 2.49. The maximum absolute atomic E-state index is 15.2. The summed E-state index contributed by atoms with van der Waals surface area (Å²) in [5.74, 6) is -2.03. The van der Waals surface area contributed by atoms with E-state index in [-0.39, 0.29) is 18.6 Å². The van der Waals surface area contributed by atoms with Crippen LogP contribution in [0.4, 0.5) is 0 Å². The van der Waals surface area contributed by atoms with Gasteiger partial charge in [0, 0.05) is 12.2 Å². The number of ether oxygens (including phenoxy) is 2. The second kappa shape index (κ2) is 22.1. The first-order chi connectivity index (χ1) is 31.6. The van der Waals surface area contributed by atoms with Crippen molar-refractivity contribution in [1.29, 1.82) is 0 Å². The van der Waals surface area contributed by atoms with Crippen molar-refractivity contribution in [2.45, 2.75) is 88.0 Å². The van der Waals surface area contributed by atoms with Crippen LogP contribution in [0.15, 0.2) is 182 Å². The average Bonchev–Trinajstić information content (AvgIpc) is 3.31. The molecule has 0 fully saturated rings. The van der Waals surface area contributed by atoms with E-state index in [9.17, 15) is 14.4 Å². The lowest BCUT2D eigenvalue weighted by Crippen LogP contribution is -2.57. The highest BCUT2D eigenvalue weighted by Gasteiger charge is 2.43. The van der Waals surface area contributed by atoms with E-state index in [0.29, 0.717) is 0 Å². The fourth-order valence-corrected chi connectivity index (χ4v) is 9.61. The predicted octanol–water partition coefficient (Wildman–Crippen LogP) is 9.73. The highest BCUT2D eigenvalue weighted by molar-refractivity contribution is 8.00. The van der Waals surface area contributed by atoms with Crippen molar-refractivity contribution in [3.05, 3.63) is 215 Å². The van der Waals surface area contributed by atoms with Gasteiger partial charge in [-0.15, -0.1) is 11.8 Å². The number of rotatable bonds is 19. The molecule has 0 heterocycles. The first-order valence-electron chi connectivity index (χ1n) is 22.4. The molecule has 342 valence electrons. The third kappa shape index (κ3) is 12.6. The number of esters is 2. The topological polar surface area (TPSA) is 123 Å². The van der Waals surface area contributed by atoms with Crippen molar-refractivity contribution in [2.75, 3.05) is 12.3 Å². The van der Waals surface area contributed by atoms with Gasteiger partial charge in [0.1, 0.15) is 17.2 Å². The Hall–Kier alpha value is -6.49. The lowest BCUT2D eigenvalue weighted by atomic mass is 9.76. The van der Waals surface area contributed by atoms with E-state index >= 15 is 4.79 Å². The van der Waals surface area contributed by atoms with E-state index in [1.165, 1.54) is 0 Å². The van der Waals surface area contributed by atoms with E-state index in [4.69, 9.17) is 9.47 Å². The van der Waals surface area contributed by atoms with E-state index in [1.54, 1.807) is 53.3 Å². The van der Waals surface area contributed by atoms with Gasteiger partial charge < -0.3 is 20.1 Å². The van der Waals surface area contributed by atoms with Crippen molar-refractivity contribution < 1.29 is 28.7 Å². The molecule has 66 heavy (non-hydrogen) atoms. The summed E-state index contributed by atoms with van der Waals surface area (Å²) in [5.41, 5.74) is 3.20. The quantitative estimate of drug-likeness (QED) is 0.0543. The zero-order chi connectivity index (χ0) is 47.2. The van der Waals surface area contributed by atoms with Crippen LogP contribution in [0.3, 0.4) is 0 Å². The molecule has 0 aliphatic carbocycles. The largest absolute Gasteiger partial charge is 0.460 e. The SMILES string of the molecule is CC(C)(C)OC(=O)CC[C@H](NC(=O)CNC(=O)[C@H](CSC(c1ccccc1)(c1ccccc1)c1ccccc1)NC(c1ccccc1)(c1ccccc1)c1ccccc1)C(=O)OC(C)(C)C. The van der Waals surface area contributed by atoms with Gasteiger partial charge in [-0.2, -0.15) is 0 Å². The number of carbonyl (C=O) groups is 4. The Labute approximate surface area is 394 Å². The van der Waals surface area contributed by atoms with Crippen LogP contribution in [0.1, 0.15) is 87.8 Å². The zero-order valence-corrected chi connectivity index (χ0v) is 39.5. The van der Waals surface area contributed by atoms with E-state index in [0.717, 1.165) is 33.4 Å². The molecule has 2 atom stereocenters. The Kier molecular flexibility index (Phi) is 16.4. The van der Waals surface area contributed by atoms with Crippen LogP contribution in [0.25, 0.3) is 0 Å². The molecule has 0 aliphatic heterocycles. The lowest BCUT2D eigenvalue weighted by molar-refractivity contribution is -0.160. The number of hydrogen-bond acceptors (Lipinski definition) is 8. The smallest absolute Gasteiger partial charge is 0.329 e. The summed E-state index contributed by atoms with van der Waals surface area (Å²) in [6, 6.07) is 58.9. The van der Waals surface area contributed by atoms with Gasteiger partial charge in [0.25, 0.3) is 0 Å². The molecule has 6 rings (SSSR count). The average molecular weight is 904 g/mol. The van der Waals surface area contributed by atoms with E-state index in [1.807, 2.05) is 109 Å². The maximum atomic E-state index is 15.2. The molecule has 6 aromatic rings. The Morgan fingerprint density at radius 1 is 0.500 bits per heavy atom. The summed E-state index contributed by atoms with van der Waals surface area (Å²) in [4.78, 5) is 55.2. The molecule has 3 N–H and O–H groups in total. The van der Waals surface area contributed by atoms with Crippen molar-refractivity contribution in [1.82, 2.24) is 16.0 Å². The molecule has 2 amide bonds. The summed E-state index contributed by atoms with van der Waals surface area (Å²) in [6.45, 7) is 10.0. The van der Waals surface area contributed by atoms with E-state index < -0.39 is 63.9 Å². The third-order valence-corrected chi connectivity index (χ3v) is 12.5. The molecule has 0 bridgehead atoms. The number of carbonyl (C=O) groups excluding carboxylic acids is 4. The van der Waals surface area contributed by atoms with Crippen LogP contribution in [0, 0.1) is 0 Å². The van der Waals surface area contributed by atoms with Crippen molar-refractivity contribution in [3.8, 4) is 0 Å². The van der Waals surface area contributed by atoms with Crippen molar-refractivity contribution in [3.63, 3.8) is 0 Å². The summed E-state index contributed by atoms with van der Waals surface area (Å²) in [5, 5.41) is 9.58. The molecular weight excluding hydrogens is 843 g/mol. The van der Waals surface area contributed by atoms with Gasteiger partial charge in [-0.25, -0.2) is 4.79 Å². The second-order valence-corrected chi connectivity index (χ2v) is 19.4. The van der Waals surface area contributed by atoms with Crippen LogP contribution >= 0.6 is 11.8 Å². The van der Waals surface area contributed by atoms with Crippen LogP contribution in [-0.2, 0) is 38.9 Å². The Morgan fingerprint density at radius 2 is 0.864 bits per heavy atom.